The van der Waals surface area contributed by atoms with E-state index in [1.54, 1.807) is 0 Å². The summed E-state index contributed by atoms with van der Waals surface area (Å²) in [6.45, 7) is 8.83. The van der Waals surface area contributed by atoms with Gasteiger partial charge in [-0.25, -0.2) is 24.2 Å². The first-order valence-electron chi connectivity index (χ1n) is 6.46. The molecule has 0 saturated heterocycles. The number of esters is 3. The minimum absolute atomic E-state index is 0.178. The van der Waals surface area contributed by atoms with E-state index in [0.717, 1.165) is 18.2 Å². The number of carbonyl (C=O) groups is 3. The highest BCUT2D eigenvalue weighted by atomic mass is 17.2. The van der Waals surface area contributed by atoms with Gasteiger partial charge in [-0.3, -0.25) is 0 Å². The van der Waals surface area contributed by atoms with Gasteiger partial charge in [0.2, 0.25) is 0 Å². The molecule has 0 aliphatic carbocycles. The summed E-state index contributed by atoms with van der Waals surface area (Å²) in [4.78, 5) is 43.1. The van der Waals surface area contributed by atoms with Crippen LogP contribution in [-0.4, -0.2) is 51.4 Å². The van der Waals surface area contributed by atoms with Crippen molar-refractivity contribution in [2.75, 3.05) is 33.5 Å². The number of ether oxygens (including phenoxy) is 3. The summed E-state index contributed by atoms with van der Waals surface area (Å²) in [6.07, 6.45) is 2.90. The Morgan fingerprint density at radius 3 is 1.39 bits per heavy atom. The molecule has 0 aliphatic rings. The van der Waals surface area contributed by atoms with Gasteiger partial charge in [0.15, 0.2) is 0 Å². The third kappa shape index (κ3) is 8.54. The van der Waals surface area contributed by atoms with E-state index in [2.05, 4.69) is 24.6 Å². The standard InChI is InChI=1S/C15H20O8/c1-5-12(16)20-8-15(11-23-19-4,9-21-13(17)6-2)10-22-14(18)7-3/h5-7H,1-3,8-11H2,4H3. The average molecular weight is 328 g/mol. The summed E-state index contributed by atoms with van der Waals surface area (Å²) in [5.41, 5.74) is -1.17. The molecule has 0 aromatic rings. The van der Waals surface area contributed by atoms with E-state index in [-0.39, 0.29) is 26.4 Å². The van der Waals surface area contributed by atoms with Crippen LogP contribution >= 0.6 is 0 Å². The van der Waals surface area contributed by atoms with Gasteiger partial charge in [0.05, 0.1) is 19.1 Å². The van der Waals surface area contributed by atoms with Crippen LogP contribution in [0.2, 0.25) is 0 Å². The maximum atomic E-state index is 11.3. The molecule has 0 aromatic heterocycles. The van der Waals surface area contributed by atoms with E-state index in [4.69, 9.17) is 19.1 Å². The highest BCUT2D eigenvalue weighted by Gasteiger charge is 2.36. The first-order valence-corrected chi connectivity index (χ1v) is 6.46. The normalized spacial score (nSPS) is 10.3. The SMILES string of the molecule is C=CC(=O)OCC(COOC)(COC(=O)C=C)COC(=O)C=C. The lowest BCUT2D eigenvalue weighted by Crippen LogP contribution is -2.43. The molecule has 0 rings (SSSR count). The summed E-state index contributed by atoms with van der Waals surface area (Å²) in [5.74, 6) is -2.09. The number of hydrogen-bond acceptors (Lipinski definition) is 8. The number of rotatable bonds is 12. The van der Waals surface area contributed by atoms with Gasteiger partial charge in [-0.15, -0.1) is 0 Å². The summed E-state index contributed by atoms with van der Waals surface area (Å²) >= 11 is 0. The zero-order valence-corrected chi connectivity index (χ0v) is 12.9. The third-order valence-corrected chi connectivity index (χ3v) is 2.54. The Balaban J connectivity index is 5.12. The van der Waals surface area contributed by atoms with E-state index in [9.17, 15) is 14.4 Å². The molecule has 0 atom stereocenters. The van der Waals surface area contributed by atoms with Crippen LogP contribution in [0.3, 0.4) is 0 Å². The second-order valence-corrected chi connectivity index (χ2v) is 4.36. The van der Waals surface area contributed by atoms with E-state index in [1.165, 1.54) is 7.11 Å². The molecule has 23 heavy (non-hydrogen) atoms. The van der Waals surface area contributed by atoms with E-state index in [0.29, 0.717) is 0 Å². The van der Waals surface area contributed by atoms with Crippen molar-refractivity contribution in [1.29, 1.82) is 0 Å². The number of carbonyl (C=O) groups excluding carboxylic acids is 3. The molecule has 0 aromatic carbocycles. The first kappa shape index (κ1) is 20.6. The predicted octanol–water partition coefficient (Wildman–Crippen LogP) is 0.738. The summed E-state index contributed by atoms with van der Waals surface area (Å²) in [5, 5.41) is 0. The number of hydrogen-bond donors (Lipinski definition) is 0. The van der Waals surface area contributed by atoms with E-state index >= 15 is 0 Å². The van der Waals surface area contributed by atoms with Crippen LogP contribution in [-0.2, 0) is 38.4 Å². The fourth-order valence-corrected chi connectivity index (χ4v) is 1.28. The molecule has 0 saturated carbocycles. The molecule has 0 unspecified atom stereocenters. The fraction of sp³-hybridized carbons (Fsp3) is 0.400. The Labute approximate surface area is 134 Å². The topological polar surface area (TPSA) is 97.4 Å². The molecule has 0 radical (unpaired) electrons. The van der Waals surface area contributed by atoms with Gasteiger partial charge in [-0.1, -0.05) is 19.7 Å². The second-order valence-electron chi connectivity index (χ2n) is 4.36. The zero-order chi connectivity index (χ0) is 17.7. The Bertz CT molecular complexity index is 395. The van der Waals surface area contributed by atoms with Crippen LogP contribution < -0.4 is 0 Å². The van der Waals surface area contributed by atoms with Gasteiger partial charge < -0.3 is 14.2 Å². The van der Waals surface area contributed by atoms with Crippen molar-refractivity contribution in [3.8, 4) is 0 Å². The van der Waals surface area contributed by atoms with Gasteiger partial charge in [-0.2, -0.15) is 0 Å². The second kappa shape index (κ2) is 11.2. The Morgan fingerprint density at radius 1 is 0.783 bits per heavy atom. The quantitative estimate of drug-likeness (QED) is 0.170. The van der Waals surface area contributed by atoms with Gasteiger partial charge in [0.25, 0.3) is 0 Å². The van der Waals surface area contributed by atoms with Crippen LogP contribution in [0.15, 0.2) is 38.0 Å². The summed E-state index contributed by atoms with van der Waals surface area (Å²) in [7, 11) is 1.27. The van der Waals surface area contributed by atoms with Crippen molar-refractivity contribution in [2.45, 2.75) is 0 Å². The Hall–Kier alpha value is -2.45. The van der Waals surface area contributed by atoms with Gasteiger partial charge in [0.1, 0.15) is 19.8 Å². The summed E-state index contributed by atoms with van der Waals surface area (Å²) < 4.78 is 14.9. The van der Waals surface area contributed by atoms with Crippen molar-refractivity contribution in [2.24, 2.45) is 5.41 Å². The smallest absolute Gasteiger partial charge is 0.330 e. The first-order chi connectivity index (χ1) is 10.9. The lowest BCUT2D eigenvalue weighted by molar-refractivity contribution is -0.297. The monoisotopic (exact) mass is 328 g/mol. The van der Waals surface area contributed by atoms with Gasteiger partial charge in [-0.05, 0) is 0 Å². The molecule has 0 aliphatic heterocycles. The molecule has 0 spiro atoms. The van der Waals surface area contributed by atoms with Crippen LogP contribution in [0.25, 0.3) is 0 Å². The third-order valence-electron chi connectivity index (χ3n) is 2.54. The van der Waals surface area contributed by atoms with Crippen LogP contribution in [0.1, 0.15) is 0 Å². The molecule has 0 fully saturated rings. The molecular formula is C15H20O8. The van der Waals surface area contributed by atoms with Gasteiger partial charge in [0, 0.05) is 18.2 Å². The van der Waals surface area contributed by atoms with Crippen molar-refractivity contribution >= 4 is 17.9 Å². The molecule has 0 heterocycles. The highest BCUT2D eigenvalue weighted by Crippen LogP contribution is 2.21. The Morgan fingerprint density at radius 2 is 1.13 bits per heavy atom. The molecule has 8 heteroatoms. The zero-order valence-electron chi connectivity index (χ0n) is 12.9. The minimum atomic E-state index is -1.17. The lowest BCUT2D eigenvalue weighted by atomic mass is 9.92. The molecule has 128 valence electrons. The van der Waals surface area contributed by atoms with Crippen LogP contribution in [0.5, 0.6) is 0 Å². The maximum absolute atomic E-state index is 11.3. The minimum Gasteiger partial charge on any atom is -0.462 e. The van der Waals surface area contributed by atoms with Crippen LogP contribution in [0, 0.1) is 5.41 Å². The Kier molecular flexibility index (Phi) is 9.97. The largest absolute Gasteiger partial charge is 0.462 e. The summed E-state index contributed by atoms with van der Waals surface area (Å²) in [6, 6.07) is 0. The fourth-order valence-electron chi connectivity index (χ4n) is 1.28. The van der Waals surface area contributed by atoms with Crippen molar-refractivity contribution < 1.29 is 38.4 Å². The molecular weight excluding hydrogens is 308 g/mol. The van der Waals surface area contributed by atoms with Crippen LogP contribution in [0.4, 0.5) is 0 Å². The van der Waals surface area contributed by atoms with Crippen molar-refractivity contribution in [3.63, 3.8) is 0 Å². The highest BCUT2D eigenvalue weighted by molar-refractivity contribution is 5.82. The van der Waals surface area contributed by atoms with E-state index < -0.39 is 23.3 Å². The average Bonchev–Trinajstić information content (AvgIpc) is 2.59. The maximum Gasteiger partial charge on any atom is 0.330 e. The van der Waals surface area contributed by atoms with Crippen molar-refractivity contribution in [3.05, 3.63) is 38.0 Å². The molecule has 0 bridgehead atoms. The van der Waals surface area contributed by atoms with Gasteiger partial charge >= 0.3 is 17.9 Å². The molecule has 0 N–H and O–H groups in total. The lowest BCUT2D eigenvalue weighted by Gasteiger charge is -2.30. The molecule has 8 nitrogen and oxygen atoms in total. The van der Waals surface area contributed by atoms with E-state index in [1.807, 2.05) is 0 Å². The predicted molar refractivity (Wildman–Crippen MR) is 78.9 cm³/mol. The molecule has 0 amide bonds. The van der Waals surface area contributed by atoms with Crippen molar-refractivity contribution in [1.82, 2.24) is 0 Å².